The average molecular weight is 207 g/mol. The van der Waals surface area contributed by atoms with Crippen LogP contribution in [-0.2, 0) is 6.42 Å². The van der Waals surface area contributed by atoms with Crippen LogP contribution in [0.1, 0.15) is 35.3 Å². The molecule has 0 aliphatic carbocycles. The van der Waals surface area contributed by atoms with Crippen molar-refractivity contribution in [3.63, 3.8) is 0 Å². The summed E-state index contributed by atoms with van der Waals surface area (Å²) in [6, 6.07) is 4.31. The minimum atomic E-state index is -0.403. The second-order valence-electron chi connectivity index (χ2n) is 4.05. The second-order valence-corrected chi connectivity index (χ2v) is 4.05. The van der Waals surface area contributed by atoms with Gasteiger partial charge in [-0.2, -0.15) is 0 Å². The standard InChI is InChI=1S/C13H21NO/c1-5-11-6-9(2)10(3)12(7-11)13(15)8-14-4/h6-7,13-15H,5,8H2,1-4H3. The van der Waals surface area contributed by atoms with Gasteiger partial charge in [-0.1, -0.05) is 19.1 Å². The molecule has 1 aromatic rings. The zero-order valence-corrected chi connectivity index (χ0v) is 10.1. The van der Waals surface area contributed by atoms with Crippen molar-refractivity contribution in [2.45, 2.75) is 33.3 Å². The van der Waals surface area contributed by atoms with Crippen molar-refractivity contribution < 1.29 is 5.11 Å². The maximum Gasteiger partial charge on any atom is 0.0917 e. The summed E-state index contributed by atoms with van der Waals surface area (Å²) in [7, 11) is 1.86. The molecule has 0 spiro atoms. The molecular weight excluding hydrogens is 186 g/mol. The van der Waals surface area contributed by atoms with Gasteiger partial charge in [0.05, 0.1) is 6.10 Å². The van der Waals surface area contributed by atoms with Crippen LogP contribution in [-0.4, -0.2) is 18.7 Å². The van der Waals surface area contributed by atoms with Gasteiger partial charge in [-0.15, -0.1) is 0 Å². The molecule has 1 atom stereocenters. The fraction of sp³-hybridized carbons (Fsp3) is 0.538. The van der Waals surface area contributed by atoms with Crippen LogP contribution in [0.5, 0.6) is 0 Å². The van der Waals surface area contributed by atoms with Crippen LogP contribution >= 0.6 is 0 Å². The Balaban J connectivity index is 3.09. The van der Waals surface area contributed by atoms with Gasteiger partial charge >= 0.3 is 0 Å². The van der Waals surface area contributed by atoms with Crippen molar-refractivity contribution in [1.29, 1.82) is 0 Å². The Kier molecular flexibility index (Phi) is 4.30. The van der Waals surface area contributed by atoms with Crippen molar-refractivity contribution in [2.24, 2.45) is 0 Å². The molecule has 15 heavy (non-hydrogen) atoms. The van der Waals surface area contributed by atoms with Gasteiger partial charge in [0, 0.05) is 6.54 Å². The van der Waals surface area contributed by atoms with Crippen molar-refractivity contribution in [3.05, 3.63) is 34.4 Å². The number of likely N-dealkylation sites (N-methyl/N-ethyl adjacent to an activating group) is 1. The Morgan fingerprint density at radius 3 is 2.53 bits per heavy atom. The molecule has 0 saturated carbocycles. The van der Waals surface area contributed by atoms with Crippen LogP contribution in [0, 0.1) is 13.8 Å². The van der Waals surface area contributed by atoms with E-state index in [0.717, 1.165) is 12.0 Å². The summed E-state index contributed by atoms with van der Waals surface area (Å²) in [5.74, 6) is 0. The largest absolute Gasteiger partial charge is 0.387 e. The van der Waals surface area contributed by atoms with E-state index in [9.17, 15) is 5.11 Å². The monoisotopic (exact) mass is 207 g/mol. The van der Waals surface area contributed by atoms with Crippen molar-refractivity contribution in [3.8, 4) is 0 Å². The zero-order chi connectivity index (χ0) is 11.4. The summed E-state index contributed by atoms with van der Waals surface area (Å²) in [5.41, 5.74) is 4.82. The number of aryl methyl sites for hydroxylation is 2. The van der Waals surface area contributed by atoms with E-state index in [1.165, 1.54) is 16.7 Å². The topological polar surface area (TPSA) is 32.3 Å². The predicted octanol–water partition coefficient (Wildman–Crippen LogP) is 2.12. The van der Waals surface area contributed by atoms with Gasteiger partial charge < -0.3 is 10.4 Å². The van der Waals surface area contributed by atoms with Crippen LogP contribution < -0.4 is 5.32 Å². The SMILES string of the molecule is CCc1cc(C)c(C)c(C(O)CNC)c1. The Morgan fingerprint density at radius 2 is 2.00 bits per heavy atom. The number of rotatable bonds is 4. The van der Waals surface area contributed by atoms with Gasteiger partial charge in [-0.05, 0) is 49.6 Å². The summed E-state index contributed by atoms with van der Waals surface area (Å²) < 4.78 is 0. The van der Waals surface area contributed by atoms with E-state index in [1.54, 1.807) is 0 Å². The fourth-order valence-corrected chi connectivity index (χ4v) is 1.82. The van der Waals surface area contributed by atoms with Gasteiger partial charge in [0.15, 0.2) is 0 Å². The minimum Gasteiger partial charge on any atom is -0.387 e. The number of nitrogens with one attached hydrogen (secondary N) is 1. The van der Waals surface area contributed by atoms with Crippen molar-refractivity contribution in [1.82, 2.24) is 5.32 Å². The van der Waals surface area contributed by atoms with Crippen LogP contribution in [0.3, 0.4) is 0 Å². The lowest BCUT2D eigenvalue weighted by molar-refractivity contribution is 0.177. The quantitative estimate of drug-likeness (QED) is 0.792. The molecule has 1 aromatic carbocycles. The molecule has 2 nitrogen and oxygen atoms in total. The Hall–Kier alpha value is -0.860. The third kappa shape index (κ3) is 2.80. The molecule has 1 unspecified atom stereocenters. The third-order valence-electron chi connectivity index (χ3n) is 2.93. The van der Waals surface area contributed by atoms with E-state index in [1.807, 2.05) is 7.05 Å². The van der Waals surface area contributed by atoms with Crippen LogP contribution in [0.25, 0.3) is 0 Å². The highest BCUT2D eigenvalue weighted by Crippen LogP contribution is 2.22. The number of benzene rings is 1. The van der Waals surface area contributed by atoms with E-state index in [2.05, 4.69) is 38.2 Å². The first kappa shape index (κ1) is 12.2. The maximum atomic E-state index is 9.98. The first-order valence-corrected chi connectivity index (χ1v) is 5.52. The highest BCUT2D eigenvalue weighted by atomic mass is 16.3. The van der Waals surface area contributed by atoms with Gasteiger partial charge in [-0.3, -0.25) is 0 Å². The van der Waals surface area contributed by atoms with Crippen LogP contribution in [0.4, 0.5) is 0 Å². The number of hydrogen-bond donors (Lipinski definition) is 2. The second kappa shape index (κ2) is 5.29. The minimum absolute atomic E-state index is 0.403. The maximum absolute atomic E-state index is 9.98. The molecule has 1 rings (SSSR count). The van der Waals surface area contributed by atoms with E-state index < -0.39 is 6.10 Å². The molecule has 2 N–H and O–H groups in total. The molecule has 0 aliphatic heterocycles. The summed E-state index contributed by atoms with van der Waals surface area (Å²) in [4.78, 5) is 0. The lowest BCUT2D eigenvalue weighted by atomic mass is 9.95. The molecule has 0 aromatic heterocycles. The van der Waals surface area contributed by atoms with Gasteiger partial charge in [0.2, 0.25) is 0 Å². The van der Waals surface area contributed by atoms with Crippen LogP contribution in [0.2, 0.25) is 0 Å². The lowest BCUT2D eigenvalue weighted by Gasteiger charge is -2.16. The highest BCUT2D eigenvalue weighted by molar-refractivity contribution is 5.39. The summed E-state index contributed by atoms with van der Waals surface area (Å²) in [5, 5.41) is 13.0. The molecule has 84 valence electrons. The summed E-state index contributed by atoms with van der Waals surface area (Å²) in [6.07, 6.45) is 0.612. The molecule has 0 bridgehead atoms. The van der Waals surface area contributed by atoms with Crippen molar-refractivity contribution in [2.75, 3.05) is 13.6 Å². The number of aliphatic hydroxyl groups excluding tert-OH is 1. The lowest BCUT2D eigenvalue weighted by Crippen LogP contribution is -2.18. The fourth-order valence-electron chi connectivity index (χ4n) is 1.82. The molecular formula is C13H21NO. The zero-order valence-electron chi connectivity index (χ0n) is 10.1. The first-order valence-electron chi connectivity index (χ1n) is 5.52. The number of aliphatic hydroxyl groups is 1. The predicted molar refractivity (Wildman–Crippen MR) is 64.2 cm³/mol. The Bertz CT molecular complexity index is 334. The third-order valence-corrected chi connectivity index (χ3v) is 2.93. The van der Waals surface area contributed by atoms with Crippen molar-refractivity contribution >= 4 is 0 Å². The van der Waals surface area contributed by atoms with Gasteiger partial charge in [0.25, 0.3) is 0 Å². The molecule has 2 heteroatoms. The smallest absolute Gasteiger partial charge is 0.0917 e. The normalized spacial score (nSPS) is 12.9. The van der Waals surface area contributed by atoms with Gasteiger partial charge in [0.1, 0.15) is 0 Å². The molecule has 0 aliphatic rings. The molecule has 0 saturated heterocycles. The van der Waals surface area contributed by atoms with E-state index >= 15 is 0 Å². The number of hydrogen-bond acceptors (Lipinski definition) is 2. The Morgan fingerprint density at radius 1 is 1.33 bits per heavy atom. The molecule has 0 radical (unpaired) electrons. The molecule has 0 heterocycles. The first-order chi connectivity index (χ1) is 7.10. The van der Waals surface area contributed by atoms with E-state index in [-0.39, 0.29) is 0 Å². The highest BCUT2D eigenvalue weighted by Gasteiger charge is 2.11. The Labute approximate surface area is 92.3 Å². The van der Waals surface area contributed by atoms with E-state index in [0.29, 0.717) is 6.54 Å². The molecule has 0 amide bonds. The van der Waals surface area contributed by atoms with E-state index in [4.69, 9.17) is 0 Å². The average Bonchev–Trinajstić information content (AvgIpc) is 2.22. The molecule has 0 fully saturated rings. The summed E-state index contributed by atoms with van der Waals surface area (Å²) in [6.45, 7) is 6.92. The van der Waals surface area contributed by atoms with Gasteiger partial charge in [-0.25, -0.2) is 0 Å². The van der Waals surface area contributed by atoms with Crippen LogP contribution in [0.15, 0.2) is 12.1 Å². The summed E-state index contributed by atoms with van der Waals surface area (Å²) >= 11 is 0.